The summed E-state index contributed by atoms with van der Waals surface area (Å²) in [5, 5.41) is 4.31. The third-order valence-corrected chi connectivity index (χ3v) is 3.66. The number of rotatable bonds is 6. The topological polar surface area (TPSA) is 62.3 Å². The van der Waals surface area contributed by atoms with Gasteiger partial charge in [0, 0.05) is 13.6 Å². The van der Waals surface area contributed by atoms with Gasteiger partial charge in [0.2, 0.25) is 0 Å². The molecule has 2 N–H and O–H groups in total. The number of hydrogen-bond donors (Lipinski definition) is 1. The molecule has 0 aliphatic carbocycles. The van der Waals surface area contributed by atoms with Crippen molar-refractivity contribution in [1.82, 2.24) is 9.78 Å². The molecule has 21 heavy (non-hydrogen) atoms. The Labute approximate surface area is 133 Å². The van der Waals surface area contributed by atoms with Crippen LogP contribution in [0.4, 0.5) is 0 Å². The summed E-state index contributed by atoms with van der Waals surface area (Å²) in [5.74, 6) is 1.39. The number of nitrogens with two attached hydrogens (primary N) is 1. The Morgan fingerprint density at radius 2 is 2.05 bits per heavy atom. The average Bonchev–Trinajstić information content (AvgIpc) is 2.76. The van der Waals surface area contributed by atoms with Crippen molar-refractivity contribution in [3.63, 3.8) is 0 Å². The van der Waals surface area contributed by atoms with Gasteiger partial charge < -0.3 is 15.2 Å². The summed E-state index contributed by atoms with van der Waals surface area (Å²) in [5.41, 5.74) is 8.66. The first kappa shape index (κ1) is 15.9. The first-order valence-corrected chi connectivity index (χ1v) is 7.62. The highest BCUT2D eigenvalue weighted by atomic mass is 79.9. The molecule has 1 aromatic heterocycles. The van der Waals surface area contributed by atoms with Crippen LogP contribution in [0.25, 0.3) is 0 Å². The summed E-state index contributed by atoms with van der Waals surface area (Å²) >= 11 is 3.52. The van der Waals surface area contributed by atoms with Crippen LogP contribution in [0.3, 0.4) is 0 Å². The monoisotopic (exact) mass is 353 g/mol. The smallest absolute Gasteiger partial charge is 0.175 e. The second-order valence-corrected chi connectivity index (χ2v) is 5.59. The lowest BCUT2D eigenvalue weighted by Gasteiger charge is -2.15. The van der Waals surface area contributed by atoms with Gasteiger partial charge in [-0.15, -0.1) is 0 Å². The van der Waals surface area contributed by atoms with Crippen molar-refractivity contribution < 1.29 is 9.47 Å². The first-order chi connectivity index (χ1) is 10.0. The predicted octanol–water partition coefficient (Wildman–Crippen LogP) is 2.93. The van der Waals surface area contributed by atoms with E-state index in [0.717, 1.165) is 21.4 Å². The standard InChI is InChI=1S/C15H20BrN3O2/c1-4-20-14-7-11(8-17)6-13(16)15(14)21-9-12-5-10(2)18-19(12)3/h5-7H,4,8-9,17H2,1-3H3. The Morgan fingerprint density at radius 3 is 2.62 bits per heavy atom. The van der Waals surface area contributed by atoms with E-state index in [4.69, 9.17) is 15.2 Å². The molecule has 0 saturated carbocycles. The van der Waals surface area contributed by atoms with E-state index in [1.165, 1.54) is 0 Å². The van der Waals surface area contributed by atoms with Crippen LogP contribution in [0.2, 0.25) is 0 Å². The zero-order valence-corrected chi connectivity index (χ0v) is 14.1. The molecule has 0 bridgehead atoms. The van der Waals surface area contributed by atoms with E-state index >= 15 is 0 Å². The van der Waals surface area contributed by atoms with Crippen LogP contribution in [0.15, 0.2) is 22.7 Å². The Balaban J connectivity index is 2.24. The molecule has 0 saturated heterocycles. The van der Waals surface area contributed by atoms with Gasteiger partial charge in [-0.05, 0) is 53.5 Å². The zero-order valence-electron chi connectivity index (χ0n) is 12.5. The van der Waals surface area contributed by atoms with Crippen molar-refractivity contribution >= 4 is 15.9 Å². The van der Waals surface area contributed by atoms with Gasteiger partial charge in [-0.2, -0.15) is 5.10 Å². The molecule has 1 aromatic carbocycles. The summed E-state index contributed by atoms with van der Waals surface area (Å²) in [4.78, 5) is 0. The van der Waals surface area contributed by atoms with Gasteiger partial charge in [0.15, 0.2) is 11.5 Å². The molecule has 0 radical (unpaired) electrons. The van der Waals surface area contributed by atoms with Crippen molar-refractivity contribution in [3.8, 4) is 11.5 Å². The normalized spacial score (nSPS) is 10.7. The van der Waals surface area contributed by atoms with Crippen molar-refractivity contribution in [3.05, 3.63) is 39.6 Å². The number of hydrogen-bond acceptors (Lipinski definition) is 4. The lowest BCUT2D eigenvalue weighted by atomic mass is 10.2. The third kappa shape index (κ3) is 3.77. The molecule has 0 spiro atoms. The number of aryl methyl sites for hydroxylation is 2. The Bertz CT molecular complexity index is 626. The summed E-state index contributed by atoms with van der Waals surface area (Å²) in [6.45, 7) is 5.36. The van der Waals surface area contributed by atoms with Gasteiger partial charge in [-0.3, -0.25) is 4.68 Å². The maximum absolute atomic E-state index is 5.93. The van der Waals surface area contributed by atoms with E-state index in [2.05, 4.69) is 21.0 Å². The Kier molecular flexibility index (Phi) is 5.25. The van der Waals surface area contributed by atoms with Gasteiger partial charge in [0.1, 0.15) is 6.61 Å². The quantitative estimate of drug-likeness (QED) is 0.867. The van der Waals surface area contributed by atoms with Gasteiger partial charge >= 0.3 is 0 Å². The highest BCUT2D eigenvalue weighted by Crippen LogP contribution is 2.37. The fourth-order valence-electron chi connectivity index (χ4n) is 2.09. The molecule has 6 heteroatoms. The van der Waals surface area contributed by atoms with Crippen molar-refractivity contribution in [1.29, 1.82) is 0 Å². The van der Waals surface area contributed by atoms with Gasteiger partial charge in [-0.1, -0.05) is 0 Å². The number of benzene rings is 1. The minimum Gasteiger partial charge on any atom is -0.490 e. The molecule has 0 aliphatic rings. The molecule has 2 aromatic rings. The summed E-state index contributed by atoms with van der Waals surface area (Å²) in [7, 11) is 1.90. The Morgan fingerprint density at radius 1 is 1.29 bits per heavy atom. The van der Waals surface area contributed by atoms with Crippen molar-refractivity contribution in [2.75, 3.05) is 6.61 Å². The van der Waals surface area contributed by atoms with Gasteiger partial charge in [0.05, 0.1) is 22.5 Å². The maximum Gasteiger partial charge on any atom is 0.175 e. The van der Waals surface area contributed by atoms with E-state index in [1.54, 1.807) is 0 Å². The molecule has 2 rings (SSSR count). The van der Waals surface area contributed by atoms with Crippen LogP contribution in [-0.2, 0) is 20.2 Å². The fraction of sp³-hybridized carbons (Fsp3) is 0.400. The van der Waals surface area contributed by atoms with E-state index in [0.29, 0.717) is 31.3 Å². The van der Waals surface area contributed by atoms with Gasteiger partial charge in [-0.25, -0.2) is 0 Å². The van der Waals surface area contributed by atoms with Gasteiger partial charge in [0.25, 0.3) is 0 Å². The molecule has 0 unspecified atom stereocenters. The molecule has 0 amide bonds. The largest absolute Gasteiger partial charge is 0.490 e. The van der Waals surface area contributed by atoms with Crippen LogP contribution in [-0.4, -0.2) is 16.4 Å². The van der Waals surface area contributed by atoms with Crippen LogP contribution < -0.4 is 15.2 Å². The molecular weight excluding hydrogens is 334 g/mol. The second-order valence-electron chi connectivity index (χ2n) is 4.73. The van der Waals surface area contributed by atoms with Crippen LogP contribution in [0, 0.1) is 6.92 Å². The Hall–Kier alpha value is -1.53. The number of ether oxygens (including phenoxy) is 2. The van der Waals surface area contributed by atoms with E-state index in [1.807, 2.05) is 43.8 Å². The number of halogens is 1. The third-order valence-electron chi connectivity index (χ3n) is 3.07. The predicted molar refractivity (Wildman–Crippen MR) is 85.5 cm³/mol. The van der Waals surface area contributed by atoms with Crippen LogP contribution in [0.5, 0.6) is 11.5 Å². The average molecular weight is 354 g/mol. The zero-order chi connectivity index (χ0) is 15.4. The van der Waals surface area contributed by atoms with E-state index in [9.17, 15) is 0 Å². The number of aromatic nitrogens is 2. The molecule has 5 nitrogen and oxygen atoms in total. The highest BCUT2D eigenvalue weighted by molar-refractivity contribution is 9.10. The lowest BCUT2D eigenvalue weighted by molar-refractivity contribution is 0.261. The van der Waals surface area contributed by atoms with E-state index < -0.39 is 0 Å². The molecule has 1 heterocycles. The summed E-state index contributed by atoms with van der Waals surface area (Å²) in [6.07, 6.45) is 0. The fourth-order valence-corrected chi connectivity index (χ4v) is 2.69. The minimum atomic E-state index is 0.429. The van der Waals surface area contributed by atoms with Crippen molar-refractivity contribution in [2.24, 2.45) is 12.8 Å². The SMILES string of the molecule is CCOc1cc(CN)cc(Br)c1OCc1cc(C)nn1C. The van der Waals surface area contributed by atoms with Crippen LogP contribution >= 0.6 is 15.9 Å². The summed E-state index contributed by atoms with van der Waals surface area (Å²) in [6, 6.07) is 5.87. The lowest BCUT2D eigenvalue weighted by Crippen LogP contribution is -2.06. The first-order valence-electron chi connectivity index (χ1n) is 6.82. The molecule has 0 atom stereocenters. The highest BCUT2D eigenvalue weighted by Gasteiger charge is 2.13. The van der Waals surface area contributed by atoms with Crippen molar-refractivity contribution in [2.45, 2.75) is 27.0 Å². The molecule has 0 aliphatic heterocycles. The molecule has 114 valence electrons. The molecule has 0 fully saturated rings. The maximum atomic E-state index is 5.93. The summed E-state index contributed by atoms with van der Waals surface area (Å²) < 4.78 is 14.2. The van der Waals surface area contributed by atoms with E-state index in [-0.39, 0.29) is 0 Å². The molecular formula is C15H20BrN3O2. The second kappa shape index (κ2) is 6.95. The number of nitrogens with zero attached hydrogens (tertiary/aromatic N) is 2. The minimum absolute atomic E-state index is 0.429. The van der Waals surface area contributed by atoms with Crippen LogP contribution in [0.1, 0.15) is 23.9 Å².